The molecule has 0 aliphatic rings. The van der Waals surface area contributed by atoms with Gasteiger partial charge in [-0.3, -0.25) is 4.79 Å². The third-order valence-electron chi connectivity index (χ3n) is 3.29. The molecule has 0 bridgehead atoms. The number of ether oxygens (including phenoxy) is 3. The Morgan fingerprint density at radius 1 is 1.12 bits per heavy atom. The lowest BCUT2D eigenvalue weighted by Gasteiger charge is -2.15. The van der Waals surface area contributed by atoms with Gasteiger partial charge in [-0.1, -0.05) is 18.0 Å². The minimum absolute atomic E-state index is 0.177. The van der Waals surface area contributed by atoms with Crippen molar-refractivity contribution in [2.24, 2.45) is 0 Å². The van der Waals surface area contributed by atoms with Gasteiger partial charge in [0.25, 0.3) is 0 Å². The summed E-state index contributed by atoms with van der Waals surface area (Å²) in [5.41, 5.74) is 0.668. The number of thiocarbonyl (C=S) groups is 1. The predicted molar refractivity (Wildman–Crippen MR) is 99.3 cm³/mol. The molecule has 0 saturated heterocycles. The molecule has 0 saturated carbocycles. The summed E-state index contributed by atoms with van der Waals surface area (Å²) in [5.74, 6) is 0.928. The van der Waals surface area contributed by atoms with E-state index in [1.165, 1.54) is 7.11 Å². The summed E-state index contributed by atoms with van der Waals surface area (Å²) >= 11 is 11.3. The van der Waals surface area contributed by atoms with Gasteiger partial charge in [0.15, 0.2) is 5.11 Å². The van der Waals surface area contributed by atoms with Crippen LogP contribution in [0.3, 0.4) is 0 Å². The molecule has 0 aliphatic carbocycles. The number of benzene rings is 1. The molecule has 0 aliphatic heterocycles. The van der Waals surface area contributed by atoms with Crippen molar-refractivity contribution in [3.63, 3.8) is 0 Å². The maximum absolute atomic E-state index is 11.0. The Bertz CT molecular complexity index is 569. The molecule has 0 fully saturated rings. The number of esters is 1. The van der Waals surface area contributed by atoms with E-state index in [1.54, 1.807) is 26.4 Å². The number of hydrogen-bond acceptors (Lipinski definition) is 5. The lowest BCUT2D eigenvalue weighted by atomic mass is 10.2. The average Bonchev–Trinajstić information content (AvgIpc) is 2.58. The normalized spacial score (nSPS) is 10.0. The first kappa shape index (κ1) is 20.3. The summed E-state index contributed by atoms with van der Waals surface area (Å²) in [6, 6.07) is 3.39. The van der Waals surface area contributed by atoms with Crippen LogP contribution in [-0.2, 0) is 9.53 Å². The Morgan fingerprint density at radius 3 is 2.46 bits per heavy atom. The largest absolute Gasteiger partial charge is 0.495 e. The third-order valence-corrected chi connectivity index (χ3v) is 3.83. The maximum Gasteiger partial charge on any atom is 0.305 e. The lowest BCUT2D eigenvalue weighted by Crippen LogP contribution is -2.29. The Hall–Kier alpha value is -1.73. The van der Waals surface area contributed by atoms with E-state index in [0.29, 0.717) is 40.3 Å². The summed E-state index contributed by atoms with van der Waals surface area (Å²) in [6.07, 6.45) is 3.07. The molecule has 0 radical (unpaired) electrons. The zero-order valence-corrected chi connectivity index (χ0v) is 15.7. The second kappa shape index (κ2) is 10.9. The third kappa shape index (κ3) is 6.80. The van der Waals surface area contributed by atoms with E-state index >= 15 is 0 Å². The molecule has 134 valence electrons. The molecule has 0 spiro atoms. The van der Waals surface area contributed by atoms with Gasteiger partial charge >= 0.3 is 5.97 Å². The van der Waals surface area contributed by atoms with Crippen LogP contribution >= 0.6 is 23.8 Å². The highest BCUT2D eigenvalue weighted by atomic mass is 35.5. The van der Waals surface area contributed by atoms with Crippen LogP contribution in [0.2, 0.25) is 5.02 Å². The van der Waals surface area contributed by atoms with Gasteiger partial charge < -0.3 is 24.8 Å². The van der Waals surface area contributed by atoms with Crippen molar-refractivity contribution in [1.29, 1.82) is 0 Å². The van der Waals surface area contributed by atoms with Crippen molar-refractivity contribution >= 4 is 40.6 Å². The lowest BCUT2D eigenvalue weighted by molar-refractivity contribution is -0.140. The summed E-state index contributed by atoms with van der Waals surface area (Å²) in [4.78, 5) is 11.0. The summed E-state index contributed by atoms with van der Waals surface area (Å²) < 4.78 is 15.1. The predicted octanol–water partition coefficient (Wildman–Crippen LogP) is 3.38. The zero-order chi connectivity index (χ0) is 17.9. The van der Waals surface area contributed by atoms with Gasteiger partial charge in [-0.05, 0) is 25.1 Å². The van der Waals surface area contributed by atoms with Crippen LogP contribution in [0.15, 0.2) is 12.1 Å². The number of nitrogens with one attached hydrogen (secondary N) is 2. The van der Waals surface area contributed by atoms with Crippen LogP contribution in [0.5, 0.6) is 11.5 Å². The number of halogens is 1. The second-order valence-corrected chi connectivity index (χ2v) is 5.77. The maximum atomic E-state index is 11.0. The van der Waals surface area contributed by atoms with Crippen LogP contribution in [0.4, 0.5) is 5.69 Å². The van der Waals surface area contributed by atoms with Gasteiger partial charge in [0.1, 0.15) is 11.5 Å². The number of rotatable bonds is 9. The number of carbonyl (C=O) groups excluding carboxylic acids is 1. The highest BCUT2D eigenvalue weighted by Gasteiger charge is 2.11. The van der Waals surface area contributed by atoms with Crippen molar-refractivity contribution < 1.29 is 19.0 Å². The molecular weight excluding hydrogens is 352 g/mol. The van der Waals surface area contributed by atoms with E-state index in [4.69, 9.17) is 33.3 Å². The summed E-state index contributed by atoms with van der Waals surface area (Å²) in [6.45, 7) is 0.708. The van der Waals surface area contributed by atoms with Crippen molar-refractivity contribution in [2.75, 3.05) is 33.2 Å². The number of carbonyl (C=O) groups is 1. The van der Waals surface area contributed by atoms with Crippen LogP contribution in [0, 0.1) is 0 Å². The minimum atomic E-state index is -0.177. The number of anilines is 1. The summed E-state index contributed by atoms with van der Waals surface area (Å²) in [5, 5.41) is 7.12. The van der Waals surface area contributed by atoms with Crippen molar-refractivity contribution in [2.45, 2.75) is 25.7 Å². The van der Waals surface area contributed by atoms with E-state index < -0.39 is 0 Å². The van der Waals surface area contributed by atoms with Crippen LogP contribution in [-0.4, -0.2) is 39.0 Å². The van der Waals surface area contributed by atoms with E-state index in [9.17, 15) is 4.79 Å². The average molecular weight is 375 g/mol. The fourth-order valence-electron chi connectivity index (χ4n) is 2.00. The fraction of sp³-hybridized carbons (Fsp3) is 0.500. The molecule has 1 rings (SSSR count). The highest BCUT2D eigenvalue weighted by Crippen LogP contribution is 2.35. The number of unbranched alkanes of at least 4 members (excludes halogenated alkanes) is 2. The van der Waals surface area contributed by atoms with E-state index in [2.05, 4.69) is 15.4 Å². The Labute approximate surface area is 152 Å². The molecule has 0 atom stereocenters. The first-order valence-corrected chi connectivity index (χ1v) is 8.33. The fourth-order valence-corrected chi connectivity index (χ4v) is 2.44. The van der Waals surface area contributed by atoms with E-state index in [-0.39, 0.29) is 5.97 Å². The molecule has 0 unspecified atom stereocenters. The molecule has 0 aromatic heterocycles. The van der Waals surface area contributed by atoms with Crippen LogP contribution < -0.4 is 20.1 Å². The van der Waals surface area contributed by atoms with Crippen molar-refractivity contribution in [3.05, 3.63) is 17.2 Å². The minimum Gasteiger partial charge on any atom is -0.495 e. The monoisotopic (exact) mass is 374 g/mol. The first-order chi connectivity index (χ1) is 11.5. The molecule has 1 aromatic carbocycles. The smallest absolute Gasteiger partial charge is 0.305 e. The van der Waals surface area contributed by atoms with Gasteiger partial charge in [-0.2, -0.15) is 0 Å². The molecular formula is C16H23ClN2O4S. The Balaban J connectivity index is 2.41. The van der Waals surface area contributed by atoms with Gasteiger partial charge in [-0.15, -0.1) is 0 Å². The molecule has 6 nitrogen and oxygen atoms in total. The van der Waals surface area contributed by atoms with E-state index in [0.717, 1.165) is 19.3 Å². The molecule has 24 heavy (non-hydrogen) atoms. The van der Waals surface area contributed by atoms with Crippen molar-refractivity contribution in [3.8, 4) is 11.5 Å². The molecule has 8 heteroatoms. The topological polar surface area (TPSA) is 68.8 Å². The number of hydrogen-bond donors (Lipinski definition) is 2. The quantitative estimate of drug-likeness (QED) is 0.390. The molecule has 1 aromatic rings. The van der Waals surface area contributed by atoms with Crippen LogP contribution in [0.1, 0.15) is 25.7 Å². The Kier molecular flexibility index (Phi) is 9.26. The van der Waals surface area contributed by atoms with Gasteiger partial charge in [0.05, 0.1) is 32.0 Å². The van der Waals surface area contributed by atoms with E-state index in [1.807, 2.05) is 0 Å². The standard InChI is InChI=1S/C16H23ClN2O4S/c1-21-13-10-12(14(22-2)9-11(13)17)19-16(24)18-8-6-4-5-7-15(20)23-3/h9-10H,4-8H2,1-3H3,(H2,18,19,24). The van der Waals surface area contributed by atoms with Gasteiger partial charge in [0.2, 0.25) is 0 Å². The second-order valence-electron chi connectivity index (χ2n) is 4.95. The first-order valence-electron chi connectivity index (χ1n) is 7.55. The Morgan fingerprint density at radius 2 is 1.83 bits per heavy atom. The van der Waals surface area contributed by atoms with Gasteiger partial charge in [0, 0.05) is 25.1 Å². The van der Waals surface area contributed by atoms with Crippen LogP contribution in [0.25, 0.3) is 0 Å². The van der Waals surface area contributed by atoms with Crippen molar-refractivity contribution in [1.82, 2.24) is 5.32 Å². The van der Waals surface area contributed by atoms with Gasteiger partial charge in [-0.25, -0.2) is 0 Å². The highest BCUT2D eigenvalue weighted by molar-refractivity contribution is 7.80. The molecule has 0 amide bonds. The molecule has 2 N–H and O–H groups in total. The zero-order valence-electron chi connectivity index (χ0n) is 14.1. The SMILES string of the molecule is COC(=O)CCCCCNC(=S)Nc1cc(OC)c(Cl)cc1OC. The molecule has 0 heterocycles. The number of methoxy groups -OCH3 is 3. The summed E-state index contributed by atoms with van der Waals surface area (Å²) in [7, 11) is 4.50.